The van der Waals surface area contributed by atoms with E-state index in [1.165, 1.54) is 22.3 Å². The van der Waals surface area contributed by atoms with Gasteiger partial charge < -0.3 is 10.0 Å². The predicted octanol–water partition coefficient (Wildman–Crippen LogP) is 5.16. The highest BCUT2D eigenvalue weighted by atomic mass is 16.3. The van der Waals surface area contributed by atoms with Crippen LogP contribution < -0.4 is 0 Å². The van der Waals surface area contributed by atoms with Gasteiger partial charge in [0, 0.05) is 13.1 Å². The summed E-state index contributed by atoms with van der Waals surface area (Å²) in [5, 5.41) is 21.6. The first-order valence-electron chi connectivity index (χ1n) is 11.7. The van der Waals surface area contributed by atoms with Crippen molar-refractivity contribution in [1.82, 2.24) is 4.90 Å². The molecule has 162 valence electrons. The first-order valence-corrected chi connectivity index (χ1v) is 11.7. The van der Waals surface area contributed by atoms with Gasteiger partial charge in [-0.15, -0.1) is 0 Å². The van der Waals surface area contributed by atoms with Crippen LogP contribution in [0.2, 0.25) is 0 Å². The maximum atomic E-state index is 11.1. The van der Waals surface area contributed by atoms with Gasteiger partial charge in [0.15, 0.2) is 0 Å². The van der Waals surface area contributed by atoms with E-state index in [1.54, 1.807) is 0 Å². The van der Waals surface area contributed by atoms with E-state index < -0.39 is 11.0 Å². The fourth-order valence-electron chi connectivity index (χ4n) is 5.73. The lowest BCUT2D eigenvalue weighted by atomic mass is 9.65. The highest BCUT2D eigenvalue weighted by molar-refractivity contribution is 5.57. The summed E-state index contributed by atoms with van der Waals surface area (Å²) in [5.41, 5.74) is 4.64. The fourth-order valence-corrected chi connectivity index (χ4v) is 5.73. The molecule has 3 aromatic carbocycles. The Labute approximate surface area is 190 Å². The van der Waals surface area contributed by atoms with E-state index >= 15 is 0 Å². The SMILES string of the molecule is N#CC1(CCCN2CCC(O)(c3ccccc3)CC2)c2ccccc2Cc2ccccc21. The standard InChI is InChI=1S/C29H30N2O/c30-22-28(26-13-6-4-9-23(26)21-24-10-5-7-14-27(24)28)15-8-18-31-19-16-29(32,17-20-31)25-11-2-1-3-12-25/h1-7,9-14,32H,8,15-21H2. The molecule has 0 atom stereocenters. The summed E-state index contributed by atoms with van der Waals surface area (Å²) in [7, 11) is 0. The third-order valence-electron chi connectivity index (χ3n) is 7.55. The summed E-state index contributed by atoms with van der Waals surface area (Å²) in [4.78, 5) is 2.45. The molecule has 1 N–H and O–H groups in total. The molecular weight excluding hydrogens is 392 g/mol. The van der Waals surface area contributed by atoms with Gasteiger partial charge in [-0.1, -0.05) is 78.9 Å². The molecule has 3 heteroatoms. The lowest BCUT2D eigenvalue weighted by molar-refractivity contribution is -0.0262. The van der Waals surface area contributed by atoms with Crippen molar-refractivity contribution in [2.24, 2.45) is 0 Å². The zero-order valence-electron chi connectivity index (χ0n) is 18.5. The molecule has 1 fully saturated rings. The van der Waals surface area contributed by atoms with Crippen LogP contribution in [0.1, 0.15) is 53.5 Å². The first-order chi connectivity index (χ1) is 15.6. The van der Waals surface area contributed by atoms with E-state index in [0.29, 0.717) is 0 Å². The molecule has 1 heterocycles. The molecule has 5 rings (SSSR count). The Balaban J connectivity index is 1.29. The Morgan fingerprint density at radius 2 is 1.38 bits per heavy atom. The molecule has 3 nitrogen and oxygen atoms in total. The zero-order chi connectivity index (χ0) is 22.0. The van der Waals surface area contributed by atoms with Crippen LogP contribution in [0, 0.1) is 11.3 Å². The van der Waals surface area contributed by atoms with Gasteiger partial charge in [-0.25, -0.2) is 0 Å². The summed E-state index contributed by atoms with van der Waals surface area (Å²) < 4.78 is 0. The zero-order valence-corrected chi connectivity index (χ0v) is 18.5. The lowest BCUT2D eigenvalue weighted by Gasteiger charge is -2.39. The lowest BCUT2D eigenvalue weighted by Crippen LogP contribution is -2.43. The highest BCUT2D eigenvalue weighted by Crippen LogP contribution is 2.44. The summed E-state index contributed by atoms with van der Waals surface area (Å²) in [6.45, 7) is 2.73. The molecule has 0 unspecified atom stereocenters. The molecule has 2 aliphatic rings. The minimum atomic E-state index is -0.715. The second kappa shape index (κ2) is 8.54. The molecule has 0 bridgehead atoms. The van der Waals surface area contributed by atoms with Crippen LogP contribution in [-0.4, -0.2) is 29.6 Å². The average molecular weight is 423 g/mol. The van der Waals surface area contributed by atoms with Gasteiger partial charge in [0.25, 0.3) is 0 Å². The topological polar surface area (TPSA) is 47.3 Å². The Morgan fingerprint density at radius 1 is 0.812 bits per heavy atom. The monoisotopic (exact) mass is 422 g/mol. The Bertz CT molecular complexity index is 1080. The number of hydrogen-bond acceptors (Lipinski definition) is 3. The maximum Gasteiger partial charge on any atom is 0.108 e. The third-order valence-corrected chi connectivity index (χ3v) is 7.55. The minimum absolute atomic E-state index is 0.577. The van der Waals surface area contributed by atoms with Gasteiger partial charge in [0.05, 0.1) is 11.7 Å². The maximum absolute atomic E-state index is 11.1. The highest BCUT2D eigenvalue weighted by Gasteiger charge is 2.40. The second-order valence-corrected chi connectivity index (χ2v) is 9.35. The molecule has 0 saturated carbocycles. The van der Waals surface area contributed by atoms with E-state index in [2.05, 4.69) is 59.5 Å². The van der Waals surface area contributed by atoms with Gasteiger partial charge in [-0.3, -0.25) is 0 Å². The average Bonchev–Trinajstić information content (AvgIpc) is 2.85. The Hall–Kier alpha value is -2.93. The minimum Gasteiger partial charge on any atom is -0.385 e. The van der Waals surface area contributed by atoms with Gasteiger partial charge in [0.2, 0.25) is 0 Å². The molecule has 32 heavy (non-hydrogen) atoms. The number of nitrogens with zero attached hydrogens (tertiary/aromatic N) is 2. The number of piperidine rings is 1. The summed E-state index contributed by atoms with van der Waals surface area (Å²) in [6.07, 6.45) is 4.19. The van der Waals surface area contributed by atoms with Crippen LogP contribution >= 0.6 is 0 Å². The van der Waals surface area contributed by atoms with Gasteiger partial charge in [-0.05, 0) is 66.5 Å². The molecule has 0 radical (unpaired) electrons. The van der Waals surface area contributed by atoms with E-state index in [4.69, 9.17) is 0 Å². The molecule has 1 saturated heterocycles. The van der Waals surface area contributed by atoms with E-state index in [1.807, 2.05) is 30.3 Å². The smallest absolute Gasteiger partial charge is 0.108 e. The normalized spacial score (nSPS) is 18.9. The molecule has 0 aromatic heterocycles. The molecule has 0 spiro atoms. The van der Waals surface area contributed by atoms with Crippen molar-refractivity contribution < 1.29 is 5.11 Å². The van der Waals surface area contributed by atoms with Crippen molar-refractivity contribution in [3.63, 3.8) is 0 Å². The second-order valence-electron chi connectivity index (χ2n) is 9.35. The summed E-state index contributed by atoms with van der Waals surface area (Å²) in [5.74, 6) is 0. The first kappa shape index (κ1) is 20.9. The number of benzene rings is 3. The number of nitriles is 1. The molecule has 1 aliphatic carbocycles. The third kappa shape index (κ3) is 3.64. The summed E-state index contributed by atoms with van der Waals surface area (Å²) in [6, 6.07) is 29.7. The van der Waals surface area contributed by atoms with Crippen molar-refractivity contribution in [2.75, 3.05) is 19.6 Å². The molecule has 3 aromatic rings. The van der Waals surface area contributed by atoms with Gasteiger partial charge >= 0.3 is 0 Å². The van der Waals surface area contributed by atoms with E-state index in [9.17, 15) is 10.4 Å². The molecule has 1 aliphatic heterocycles. The predicted molar refractivity (Wildman–Crippen MR) is 127 cm³/mol. The van der Waals surface area contributed by atoms with Crippen LogP contribution in [0.4, 0.5) is 0 Å². The van der Waals surface area contributed by atoms with Crippen molar-refractivity contribution in [3.05, 3.63) is 107 Å². The number of likely N-dealkylation sites (tertiary alicyclic amines) is 1. The van der Waals surface area contributed by atoms with Gasteiger partial charge in [-0.2, -0.15) is 5.26 Å². The fraction of sp³-hybridized carbons (Fsp3) is 0.345. The number of hydrogen-bond donors (Lipinski definition) is 1. The quantitative estimate of drug-likeness (QED) is 0.617. The Kier molecular flexibility index (Phi) is 5.59. The molecule has 0 amide bonds. The number of aliphatic hydroxyl groups is 1. The van der Waals surface area contributed by atoms with E-state index in [-0.39, 0.29) is 0 Å². The van der Waals surface area contributed by atoms with Crippen LogP contribution in [0.15, 0.2) is 78.9 Å². The van der Waals surface area contributed by atoms with Crippen LogP contribution in [0.3, 0.4) is 0 Å². The van der Waals surface area contributed by atoms with E-state index in [0.717, 1.165) is 57.3 Å². The van der Waals surface area contributed by atoms with Crippen molar-refractivity contribution in [3.8, 4) is 6.07 Å². The van der Waals surface area contributed by atoms with Crippen molar-refractivity contribution in [1.29, 1.82) is 5.26 Å². The van der Waals surface area contributed by atoms with Gasteiger partial charge in [0.1, 0.15) is 5.41 Å². The van der Waals surface area contributed by atoms with Crippen LogP contribution in [0.5, 0.6) is 0 Å². The van der Waals surface area contributed by atoms with Crippen molar-refractivity contribution in [2.45, 2.75) is 43.1 Å². The number of rotatable bonds is 5. The summed E-state index contributed by atoms with van der Waals surface area (Å²) >= 11 is 0. The Morgan fingerprint density at radius 3 is 1.97 bits per heavy atom. The molecular formula is C29H30N2O. The largest absolute Gasteiger partial charge is 0.385 e. The van der Waals surface area contributed by atoms with Crippen LogP contribution in [0.25, 0.3) is 0 Å². The van der Waals surface area contributed by atoms with Crippen molar-refractivity contribution >= 4 is 0 Å². The van der Waals surface area contributed by atoms with Crippen LogP contribution in [-0.2, 0) is 17.4 Å². The number of fused-ring (bicyclic) bond motifs is 2.